The first-order valence-corrected chi connectivity index (χ1v) is 11.2. The Morgan fingerprint density at radius 2 is 1.76 bits per heavy atom. The van der Waals surface area contributed by atoms with Crippen molar-refractivity contribution in [2.45, 2.75) is 37.6 Å². The highest BCUT2D eigenvalue weighted by Gasteiger charge is 2.27. The molecule has 1 aliphatic heterocycles. The van der Waals surface area contributed by atoms with E-state index < -0.39 is 16.1 Å². The van der Waals surface area contributed by atoms with Gasteiger partial charge in [-0.3, -0.25) is 4.79 Å². The van der Waals surface area contributed by atoms with Gasteiger partial charge in [0.05, 0.1) is 17.2 Å². The van der Waals surface area contributed by atoms with Crippen LogP contribution in [0.2, 0.25) is 0 Å². The van der Waals surface area contributed by atoms with Gasteiger partial charge >= 0.3 is 0 Å². The van der Waals surface area contributed by atoms with E-state index in [9.17, 15) is 13.2 Å². The Morgan fingerprint density at radius 3 is 2.41 bits per heavy atom. The third-order valence-corrected chi connectivity index (χ3v) is 6.69. The maximum Gasteiger partial charge on any atom is 0.246 e. The Balaban J connectivity index is 1.63. The van der Waals surface area contributed by atoms with Gasteiger partial charge in [0.25, 0.3) is 0 Å². The third-order valence-electron chi connectivity index (χ3n) is 4.78. The molecule has 29 heavy (non-hydrogen) atoms. The van der Waals surface area contributed by atoms with E-state index >= 15 is 0 Å². The molecule has 0 unspecified atom stereocenters. The number of hydrogen-bond acceptors (Lipinski definition) is 5. The minimum atomic E-state index is -3.46. The molecular weight excluding hydrogens is 390 g/mol. The van der Waals surface area contributed by atoms with E-state index in [1.165, 1.54) is 16.4 Å². The second-order valence-corrected chi connectivity index (χ2v) is 8.86. The predicted molar refractivity (Wildman–Crippen MR) is 114 cm³/mol. The van der Waals surface area contributed by atoms with E-state index in [4.69, 9.17) is 4.74 Å². The van der Waals surface area contributed by atoms with Crippen LogP contribution in [0, 0.1) is 0 Å². The first kappa shape index (κ1) is 21.1. The summed E-state index contributed by atoms with van der Waals surface area (Å²) in [6.07, 6.45) is 1.79. The summed E-state index contributed by atoms with van der Waals surface area (Å²) in [5.74, 6) is 0.456. The second kappa shape index (κ2) is 9.28. The molecule has 7 nitrogen and oxygen atoms in total. The fourth-order valence-electron chi connectivity index (χ4n) is 3.20. The summed E-state index contributed by atoms with van der Waals surface area (Å²) in [7, 11) is -3.46. The van der Waals surface area contributed by atoms with E-state index in [2.05, 4.69) is 10.6 Å². The zero-order valence-electron chi connectivity index (χ0n) is 16.7. The average molecular weight is 418 g/mol. The molecule has 0 aliphatic carbocycles. The number of nitrogens with zero attached hydrogens (tertiary/aromatic N) is 1. The van der Waals surface area contributed by atoms with Crippen LogP contribution in [0.15, 0.2) is 53.4 Å². The molecule has 2 aromatic rings. The van der Waals surface area contributed by atoms with Crippen LogP contribution in [0.5, 0.6) is 5.75 Å². The van der Waals surface area contributed by atoms with Crippen molar-refractivity contribution in [3.8, 4) is 5.75 Å². The monoisotopic (exact) mass is 417 g/mol. The Morgan fingerprint density at radius 1 is 1.10 bits per heavy atom. The predicted octanol–water partition coefficient (Wildman–Crippen LogP) is 3.31. The van der Waals surface area contributed by atoms with Crippen molar-refractivity contribution in [2.24, 2.45) is 0 Å². The lowest BCUT2D eigenvalue weighted by Crippen LogP contribution is -2.32. The third kappa shape index (κ3) is 5.07. The summed E-state index contributed by atoms with van der Waals surface area (Å²) in [4.78, 5) is 12.8. The molecule has 0 saturated carbocycles. The first-order valence-electron chi connectivity index (χ1n) is 9.81. The Hall–Kier alpha value is -2.58. The minimum absolute atomic E-state index is 0.230. The van der Waals surface area contributed by atoms with Crippen molar-refractivity contribution in [3.63, 3.8) is 0 Å². The Bertz CT molecular complexity index is 939. The SMILES string of the molecule is CCOc1ccccc1N[C@H](C)C(=O)Nc1ccc(S(=O)(=O)N2CCCC2)cc1. The van der Waals surface area contributed by atoms with Gasteiger partial charge in [-0.05, 0) is 63.1 Å². The van der Waals surface area contributed by atoms with Crippen molar-refractivity contribution in [3.05, 3.63) is 48.5 Å². The molecule has 1 atom stereocenters. The molecule has 1 aliphatic rings. The van der Waals surface area contributed by atoms with Crippen molar-refractivity contribution in [2.75, 3.05) is 30.3 Å². The van der Waals surface area contributed by atoms with Gasteiger partial charge in [0, 0.05) is 18.8 Å². The molecule has 0 spiro atoms. The van der Waals surface area contributed by atoms with Crippen molar-refractivity contribution in [1.29, 1.82) is 0 Å². The number of sulfonamides is 1. The summed E-state index contributed by atoms with van der Waals surface area (Å²) in [6.45, 7) is 5.32. The van der Waals surface area contributed by atoms with Gasteiger partial charge in [-0.1, -0.05) is 12.1 Å². The highest BCUT2D eigenvalue weighted by Crippen LogP contribution is 2.25. The van der Waals surface area contributed by atoms with E-state index in [-0.39, 0.29) is 10.8 Å². The molecule has 0 aromatic heterocycles. The summed E-state index contributed by atoms with van der Waals surface area (Å²) in [6, 6.07) is 13.2. The van der Waals surface area contributed by atoms with Crippen molar-refractivity contribution < 1.29 is 17.9 Å². The van der Waals surface area contributed by atoms with Gasteiger partial charge in [0.15, 0.2) is 0 Å². The molecular formula is C21H27N3O4S. The number of carbonyl (C=O) groups excluding carboxylic acids is 1. The molecule has 8 heteroatoms. The summed E-state index contributed by atoms with van der Waals surface area (Å²) < 4.78 is 32.2. The topological polar surface area (TPSA) is 87.7 Å². The summed E-state index contributed by atoms with van der Waals surface area (Å²) in [5, 5.41) is 5.96. The first-order chi connectivity index (χ1) is 13.9. The molecule has 2 N–H and O–H groups in total. The molecule has 0 bridgehead atoms. The van der Waals surface area contributed by atoms with Crippen LogP contribution in [0.1, 0.15) is 26.7 Å². The van der Waals surface area contributed by atoms with Gasteiger partial charge in [-0.15, -0.1) is 0 Å². The maximum atomic E-state index is 12.6. The Labute approximate surface area is 172 Å². The zero-order valence-corrected chi connectivity index (χ0v) is 17.5. The largest absolute Gasteiger partial charge is 0.492 e. The van der Waals surface area contributed by atoms with Gasteiger partial charge in [-0.25, -0.2) is 8.42 Å². The number of benzene rings is 2. The van der Waals surface area contributed by atoms with Crippen LogP contribution in [0.25, 0.3) is 0 Å². The van der Waals surface area contributed by atoms with E-state index in [1.807, 2.05) is 31.2 Å². The van der Waals surface area contributed by atoms with Crippen LogP contribution in [-0.4, -0.2) is 44.4 Å². The number of amides is 1. The number of anilines is 2. The molecule has 1 saturated heterocycles. The summed E-state index contributed by atoms with van der Waals surface area (Å²) in [5.41, 5.74) is 1.28. The highest BCUT2D eigenvalue weighted by atomic mass is 32.2. The number of hydrogen-bond donors (Lipinski definition) is 2. The van der Waals surface area contributed by atoms with Crippen molar-refractivity contribution in [1.82, 2.24) is 4.31 Å². The highest BCUT2D eigenvalue weighted by molar-refractivity contribution is 7.89. The molecule has 2 aromatic carbocycles. The molecule has 1 fully saturated rings. The van der Waals surface area contributed by atoms with Crippen LogP contribution in [0.3, 0.4) is 0 Å². The van der Waals surface area contributed by atoms with Crippen LogP contribution >= 0.6 is 0 Å². The lowest BCUT2D eigenvalue weighted by Gasteiger charge is -2.18. The normalized spacial score (nSPS) is 15.7. The average Bonchev–Trinajstić information content (AvgIpc) is 3.26. The fraction of sp³-hybridized carbons (Fsp3) is 0.381. The quantitative estimate of drug-likeness (QED) is 0.688. The zero-order chi connectivity index (χ0) is 20.9. The Kier molecular flexibility index (Phi) is 6.76. The number of nitrogens with one attached hydrogen (secondary N) is 2. The molecule has 1 heterocycles. The van der Waals surface area contributed by atoms with Crippen LogP contribution in [-0.2, 0) is 14.8 Å². The lowest BCUT2D eigenvalue weighted by atomic mass is 10.2. The van der Waals surface area contributed by atoms with Gasteiger partial charge in [0.1, 0.15) is 11.8 Å². The van der Waals surface area contributed by atoms with Crippen molar-refractivity contribution >= 4 is 27.3 Å². The van der Waals surface area contributed by atoms with Gasteiger partial charge in [-0.2, -0.15) is 4.31 Å². The molecule has 156 valence electrons. The number of ether oxygens (including phenoxy) is 1. The maximum absolute atomic E-state index is 12.6. The fourth-order valence-corrected chi connectivity index (χ4v) is 4.72. The van der Waals surface area contributed by atoms with E-state index in [1.54, 1.807) is 19.1 Å². The van der Waals surface area contributed by atoms with Gasteiger partial charge in [0.2, 0.25) is 15.9 Å². The van der Waals surface area contributed by atoms with Crippen LogP contribution in [0.4, 0.5) is 11.4 Å². The minimum Gasteiger partial charge on any atom is -0.492 e. The van der Waals surface area contributed by atoms with Crippen LogP contribution < -0.4 is 15.4 Å². The molecule has 1 amide bonds. The summed E-state index contributed by atoms with van der Waals surface area (Å²) >= 11 is 0. The standard InChI is InChI=1S/C21H27N3O4S/c1-3-28-20-9-5-4-8-19(20)22-16(2)21(25)23-17-10-12-18(13-11-17)29(26,27)24-14-6-7-15-24/h4-5,8-13,16,22H,3,6-7,14-15H2,1-2H3,(H,23,25)/t16-/m1/s1. The van der Waals surface area contributed by atoms with E-state index in [0.717, 1.165) is 18.5 Å². The molecule has 3 rings (SSSR count). The molecule has 0 radical (unpaired) electrons. The lowest BCUT2D eigenvalue weighted by molar-refractivity contribution is -0.116. The second-order valence-electron chi connectivity index (χ2n) is 6.92. The number of carbonyl (C=O) groups is 1. The van der Waals surface area contributed by atoms with E-state index in [0.29, 0.717) is 31.1 Å². The van der Waals surface area contributed by atoms with Gasteiger partial charge < -0.3 is 15.4 Å². The number of para-hydroxylation sites is 2. The number of rotatable bonds is 8. The smallest absolute Gasteiger partial charge is 0.246 e.